The topological polar surface area (TPSA) is 61.6 Å². The van der Waals surface area contributed by atoms with Gasteiger partial charge in [0.2, 0.25) is 0 Å². The molecule has 0 unspecified atom stereocenters. The Morgan fingerprint density at radius 1 is 1.32 bits per heavy atom. The Morgan fingerprint density at radius 2 is 2.11 bits per heavy atom. The fourth-order valence-corrected chi connectivity index (χ4v) is 1.63. The summed E-state index contributed by atoms with van der Waals surface area (Å²) in [4.78, 5) is 10.4. The predicted octanol–water partition coefficient (Wildman–Crippen LogP) is 3.53. The van der Waals surface area contributed by atoms with Gasteiger partial charge in [-0.05, 0) is 18.1 Å². The van der Waals surface area contributed by atoms with Crippen LogP contribution in [0.2, 0.25) is 0 Å². The lowest BCUT2D eigenvalue weighted by Crippen LogP contribution is -2.08. The second-order valence-electron chi connectivity index (χ2n) is 4.01. The summed E-state index contributed by atoms with van der Waals surface area (Å²) in [6, 6.07) is 4.62. The highest BCUT2D eigenvalue weighted by molar-refractivity contribution is 6.17. The van der Waals surface area contributed by atoms with Crippen molar-refractivity contribution < 1.29 is 14.4 Å². The molecule has 0 heterocycles. The lowest BCUT2D eigenvalue weighted by molar-refractivity contribution is -0.385. The highest BCUT2D eigenvalue weighted by atomic mass is 35.5. The first kappa shape index (κ1) is 15.7. The molecule has 0 N–H and O–H groups in total. The van der Waals surface area contributed by atoms with Gasteiger partial charge in [-0.2, -0.15) is 0 Å². The van der Waals surface area contributed by atoms with Crippen LogP contribution in [0.1, 0.15) is 25.3 Å². The van der Waals surface area contributed by atoms with Crippen molar-refractivity contribution in [2.75, 3.05) is 19.8 Å². The van der Waals surface area contributed by atoms with Crippen molar-refractivity contribution in [2.45, 2.75) is 25.6 Å². The van der Waals surface area contributed by atoms with Crippen LogP contribution in [0, 0.1) is 10.1 Å². The fraction of sp³-hybridized carbons (Fsp3) is 0.538. The molecule has 0 aromatic heterocycles. The summed E-state index contributed by atoms with van der Waals surface area (Å²) in [6.45, 7) is 3.48. The zero-order valence-corrected chi connectivity index (χ0v) is 11.7. The molecule has 1 aromatic carbocycles. The molecule has 0 aliphatic rings. The van der Waals surface area contributed by atoms with Gasteiger partial charge in [0, 0.05) is 18.6 Å². The Balaban J connectivity index is 2.52. The first-order chi connectivity index (χ1) is 9.19. The van der Waals surface area contributed by atoms with Crippen LogP contribution >= 0.6 is 11.6 Å². The molecule has 5 nitrogen and oxygen atoms in total. The van der Waals surface area contributed by atoms with Crippen molar-refractivity contribution in [3.63, 3.8) is 0 Å². The third-order valence-corrected chi connectivity index (χ3v) is 2.81. The number of benzene rings is 1. The van der Waals surface area contributed by atoms with Crippen molar-refractivity contribution in [1.82, 2.24) is 0 Å². The molecule has 6 heteroatoms. The van der Waals surface area contributed by atoms with Gasteiger partial charge in [0.25, 0.3) is 0 Å². The normalized spacial score (nSPS) is 10.4. The molecule has 0 atom stereocenters. The number of alkyl halides is 1. The molecular weight excluding hydrogens is 270 g/mol. The molecule has 0 bridgehead atoms. The largest absolute Gasteiger partial charge is 0.484 e. The van der Waals surface area contributed by atoms with Crippen LogP contribution in [0.3, 0.4) is 0 Å². The maximum Gasteiger partial charge on any atom is 0.310 e. The summed E-state index contributed by atoms with van der Waals surface area (Å²) in [6.07, 6.45) is 2.08. The molecule has 0 amide bonds. The van der Waals surface area contributed by atoms with E-state index in [4.69, 9.17) is 21.1 Å². The van der Waals surface area contributed by atoms with E-state index in [1.165, 1.54) is 6.07 Å². The standard InChI is InChI=1S/C13H18ClNO4/c1-2-3-6-18-7-8-19-13-9-11(10-14)4-5-12(13)15(16)17/h4-5,9H,2-3,6-8,10H2,1H3. The van der Waals surface area contributed by atoms with Crippen molar-refractivity contribution in [1.29, 1.82) is 0 Å². The van der Waals surface area contributed by atoms with Gasteiger partial charge in [-0.3, -0.25) is 10.1 Å². The van der Waals surface area contributed by atoms with Gasteiger partial charge in [0.15, 0.2) is 5.75 Å². The molecule has 0 fully saturated rings. The third-order valence-electron chi connectivity index (χ3n) is 2.50. The van der Waals surface area contributed by atoms with Gasteiger partial charge in [-0.25, -0.2) is 0 Å². The number of halogens is 1. The first-order valence-electron chi connectivity index (χ1n) is 6.22. The number of ether oxygens (including phenoxy) is 2. The van der Waals surface area contributed by atoms with Crippen LogP contribution in [0.25, 0.3) is 0 Å². The summed E-state index contributed by atoms with van der Waals surface area (Å²) < 4.78 is 10.7. The molecule has 1 rings (SSSR count). The Labute approximate surface area is 117 Å². The van der Waals surface area contributed by atoms with Crippen molar-refractivity contribution in [3.05, 3.63) is 33.9 Å². The molecule has 0 spiro atoms. The smallest absolute Gasteiger partial charge is 0.310 e. The fourth-order valence-electron chi connectivity index (χ4n) is 1.47. The van der Waals surface area contributed by atoms with E-state index in [1.807, 2.05) is 0 Å². The van der Waals surface area contributed by atoms with Crippen LogP contribution in [0.5, 0.6) is 5.75 Å². The zero-order chi connectivity index (χ0) is 14.1. The summed E-state index contributed by atoms with van der Waals surface area (Å²) in [7, 11) is 0. The van der Waals surface area contributed by atoms with E-state index in [0.29, 0.717) is 19.1 Å². The summed E-state index contributed by atoms with van der Waals surface area (Å²) in [5.41, 5.74) is 0.733. The Kier molecular flexibility index (Phi) is 7.22. The minimum absolute atomic E-state index is 0.0533. The molecule has 1 aromatic rings. The summed E-state index contributed by atoms with van der Waals surface area (Å²) in [5, 5.41) is 10.9. The van der Waals surface area contributed by atoms with Gasteiger partial charge >= 0.3 is 5.69 Å². The molecular formula is C13H18ClNO4. The quantitative estimate of drug-likeness (QED) is 0.302. The minimum atomic E-state index is -0.467. The number of nitrogens with zero attached hydrogens (tertiary/aromatic N) is 1. The Hall–Kier alpha value is -1.33. The second kappa shape index (κ2) is 8.72. The molecule has 0 radical (unpaired) electrons. The highest BCUT2D eigenvalue weighted by Gasteiger charge is 2.15. The van der Waals surface area contributed by atoms with Crippen LogP contribution in [0.4, 0.5) is 5.69 Å². The van der Waals surface area contributed by atoms with E-state index >= 15 is 0 Å². The second-order valence-corrected chi connectivity index (χ2v) is 4.27. The molecule has 0 saturated heterocycles. The van der Waals surface area contributed by atoms with E-state index in [2.05, 4.69) is 6.92 Å². The third kappa shape index (κ3) is 5.44. The number of rotatable bonds is 9. The zero-order valence-electron chi connectivity index (χ0n) is 10.9. The summed E-state index contributed by atoms with van der Waals surface area (Å²) in [5.74, 6) is 0.531. The Morgan fingerprint density at radius 3 is 2.74 bits per heavy atom. The number of hydrogen-bond donors (Lipinski definition) is 0. The maximum absolute atomic E-state index is 10.9. The van der Waals surface area contributed by atoms with Crippen LogP contribution in [0.15, 0.2) is 18.2 Å². The maximum atomic E-state index is 10.9. The van der Waals surface area contributed by atoms with E-state index in [-0.39, 0.29) is 18.0 Å². The SMILES string of the molecule is CCCCOCCOc1cc(CCl)ccc1[N+](=O)[O-]. The number of nitro groups is 1. The van der Waals surface area contributed by atoms with Gasteiger partial charge in [-0.1, -0.05) is 19.4 Å². The number of unbranched alkanes of at least 4 members (excludes halogenated alkanes) is 1. The van der Waals surface area contributed by atoms with Crippen LogP contribution in [-0.2, 0) is 10.6 Å². The summed E-state index contributed by atoms with van der Waals surface area (Å²) >= 11 is 5.70. The molecule has 0 aliphatic heterocycles. The van der Waals surface area contributed by atoms with Crippen LogP contribution < -0.4 is 4.74 Å². The van der Waals surface area contributed by atoms with E-state index < -0.39 is 4.92 Å². The molecule has 0 aliphatic carbocycles. The monoisotopic (exact) mass is 287 g/mol. The van der Waals surface area contributed by atoms with E-state index in [9.17, 15) is 10.1 Å². The molecule has 0 saturated carbocycles. The lowest BCUT2D eigenvalue weighted by Gasteiger charge is -2.08. The van der Waals surface area contributed by atoms with Crippen molar-refractivity contribution in [3.8, 4) is 5.75 Å². The van der Waals surface area contributed by atoms with E-state index in [0.717, 1.165) is 18.4 Å². The minimum Gasteiger partial charge on any atom is -0.484 e. The molecule has 19 heavy (non-hydrogen) atoms. The molecule has 106 valence electrons. The van der Waals surface area contributed by atoms with Gasteiger partial charge in [-0.15, -0.1) is 11.6 Å². The highest BCUT2D eigenvalue weighted by Crippen LogP contribution is 2.28. The first-order valence-corrected chi connectivity index (χ1v) is 6.76. The predicted molar refractivity (Wildman–Crippen MR) is 73.9 cm³/mol. The average molecular weight is 288 g/mol. The van der Waals surface area contributed by atoms with Gasteiger partial charge in [0.05, 0.1) is 11.5 Å². The van der Waals surface area contributed by atoms with E-state index in [1.54, 1.807) is 12.1 Å². The van der Waals surface area contributed by atoms with Crippen molar-refractivity contribution >= 4 is 17.3 Å². The van der Waals surface area contributed by atoms with Gasteiger partial charge < -0.3 is 9.47 Å². The Bertz CT molecular complexity index is 412. The number of hydrogen-bond acceptors (Lipinski definition) is 4. The van der Waals surface area contributed by atoms with Gasteiger partial charge in [0.1, 0.15) is 6.61 Å². The lowest BCUT2D eigenvalue weighted by atomic mass is 10.2. The van der Waals surface area contributed by atoms with Crippen molar-refractivity contribution in [2.24, 2.45) is 0 Å². The average Bonchev–Trinajstić information content (AvgIpc) is 2.42. The van der Waals surface area contributed by atoms with Crippen LogP contribution in [-0.4, -0.2) is 24.7 Å². The number of nitro benzene ring substituents is 1.